The molecule has 2 aromatic heterocycles. The first-order valence-corrected chi connectivity index (χ1v) is 10.4. The number of nitrogens with one attached hydrogen (secondary N) is 1. The molecule has 2 atom stereocenters. The van der Waals surface area contributed by atoms with Crippen LogP contribution >= 0.6 is 11.3 Å². The maximum Gasteiger partial charge on any atom is 0.263 e. The van der Waals surface area contributed by atoms with E-state index in [1.165, 1.54) is 28.1 Å². The van der Waals surface area contributed by atoms with Gasteiger partial charge >= 0.3 is 0 Å². The predicted octanol–water partition coefficient (Wildman–Crippen LogP) is 3.43. The zero-order valence-electron chi connectivity index (χ0n) is 16.2. The van der Waals surface area contributed by atoms with Gasteiger partial charge in [0, 0.05) is 10.4 Å². The van der Waals surface area contributed by atoms with E-state index in [9.17, 15) is 14.0 Å². The summed E-state index contributed by atoms with van der Waals surface area (Å²) < 4.78 is 14.9. The second kappa shape index (κ2) is 7.87. The molecule has 6 nitrogen and oxygen atoms in total. The molecule has 4 rings (SSSR count). The topological polar surface area (TPSA) is 76.3 Å². The lowest BCUT2D eigenvalue weighted by molar-refractivity contribution is -0.123. The number of rotatable bonds is 4. The molecular formula is C21H21FN4O2S. The number of thiophene rings is 1. The van der Waals surface area contributed by atoms with Crippen LogP contribution < -0.4 is 11.0 Å². The van der Waals surface area contributed by atoms with Gasteiger partial charge in [0.1, 0.15) is 16.7 Å². The van der Waals surface area contributed by atoms with Crippen LogP contribution in [-0.2, 0) is 17.6 Å². The maximum absolute atomic E-state index is 13.6. The summed E-state index contributed by atoms with van der Waals surface area (Å²) in [5.41, 5.74) is 3.51. The van der Waals surface area contributed by atoms with E-state index in [0.29, 0.717) is 11.3 Å². The SMILES string of the molecule is C[C@H]1CCc2c(sc3ncn([C@@H](C)C(=O)N/N=C\c4ccccc4F)c(=O)c23)C1. The van der Waals surface area contributed by atoms with Crippen molar-refractivity contribution in [3.8, 4) is 0 Å². The molecule has 0 spiro atoms. The number of halogens is 1. The Balaban J connectivity index is 1.57. The second-order valence-corrected chi connectivity index (χ2v) is 8.50. The number of carbonyl (C=O) groups is 1. The lowest BCUT2D eigenvalue weighted by Crippen LogP contribution is -2.34. The van der Waals surface area contributed by atoms with Crippen molar-refractivity contribution in [3.05, 3.63) is 62.8 Å². The van der Waals surface area contributed by atoms with Gasteiger partial charge in [-0.1, -0.05) is 25.1 Å². The summed E-state index contributed by atoms with van der Waals surface area (Å²) in [5, 5.41) is 4.44. The van der Waals surface area contributed by atoms with Gasteiger partial charge in [0.05, 0.1) is 17.9 Å². The van der Waals surface area contributed by atoms with Crippen LogP contribution in [0.3, 0.4) is 0 Å². The van der Waals surface area contributed by atoms with Crippen LogP contribution in [-0.4, -0.2) is 21.7 Å². The summed E-state index contributed by atoms with van der Waals surface area (Å²) in [5.74, 6) is -0.297. The van der Waals surface area contributed by atoms with Gasteiger partial charge in [0.15, 0.2) is 0 Å². The highest BCUT2D eigenvalue weighted by Gasteiger charge is 2.25. The Labute approximate surface area is 171 Å². The number of carbonyl (C=O) groups excluding carboxylic acids is 1. The number of hydrogen-bond acceptors (Lipinski definition) is 5. The minimum atomic E-state index is -0.796. The van der Waals surface area contributed by atoms with Gasteiger partial charge in [-0.05, 0) is 43.7 Å². The van der Waals surface area contributed by atoms with Crippen molar-refractivity contribution < 1.29 is 9.18 Å². The maximum atomic E-state index is 13.6. The zero-order valence-corrected chi connectivity index (χ0v) is 17.0. The lowest BCUT2D eigenvalue weighted by atomic mass is 9.89. The molecule has 29 heavy (non-hydrogen) atoms. The van der Waals surface area contributed by atoms with E-state index < -0.39 is 17.8 Å². The second-order valence-electron chi connectivity index (χ2n) is 7.42. The number of aromatic nitrogens is 2. The molecule has 0 bridgehead atoms. The van der Waals surface area contributed by atoms with Crippen LogP contribution in [0.4, 0.5) is 4.39 Å². The fraction of sp³-hybridized carbons (Fsp3) is 0.333. The van der Waals surface area contributed by atoms with E-state index in [1.54, 1.807) is 36.5 Å². The molecule has 1 aliphatic carbocycles. The van der Waals surface area contributed by atoms with Gasteiger partial charge in [-0.25, -0.2) is 14.8 Å². The van der Waals surface area contributed by atoms with Crippen molar-refractivity contribution in [3.63, 3.8) is 0 Å². The van der Waals surface area contributed by atoms with E-state index >= 15 is 0 Å². The third-order valence-corrected chi connectivity index (χ3v) is 6.48. The van der Waals surface area contributed by atoms with Gasteiger partial charge in [-0.2, -0.15) is 5.10 Å². The minimum absolute atomic E-state index is 0.206. The predicted molar refractivity (Wildman–Crippen MR) is 112 cm³/mol. The number of benzene rings is 1. The number of hydrogen-bond donors (Lipinski definition) is 1. The monoisotopic (exact) mass is 412 g/mol. The highest BCUT2D eigenvalue weighted by molar-refractivity contribution is 7.18. The van der Waals surface area contributed by atoms with E-state index in [2.05, 4.69) is 22.4 Å². The van der Waals surface area contributed by atoms with Crippen molar-refractivity contribution in [2.45, 2.75) is 39.2 Å². The smallest absolute Gasteiger partial charge is 0.263 e. The molecule has 3 aromatic rings. The molecule has 0 saturated heterocycles. The van der Waals surface area contributed by atoms with E-state index in [0.717, 1.165) is 29.7 Å². The van der Waals surface area contributed by atoms with Crippen LogP contribution in [0.2, 0.25) is 0 Å². The summed E-state index contributed by atoms with van der Waals surface area (Å²) in [6.45, 7) is 3.83. The number of fused-ring (bicyclic) bond motifs is 3. The molecule has 1 aromatic carbocycles. The van der Waals surface area contributed by atoms with Crippen molar-refractivity contribution >= 4 is 33.7 Å². The number of nitrogens with zero attached hydrogens (tertiary/aromatic N) is 3. The van der Waals surface area contributed by atoms with Crippen molar-refractivity contribution in [2.24, 2.45) is 11.0 Å². The Hall–Kier alpha value is -2.87. The summed E-state index contributed by atoms with van der Waals surface area (Å²) in [4.78, 5) is 32.0. The molecule has 0 unspecified atom stereocenters. The Morgan fingerprint density at radius 2 is 2.24 bits per heavy atom. The molecule has 1 aliphatic rings. The highest BCUT2D eigenvalue weighted by Crippen LogP contribution is 2.35. The first-order valence-electron chi connectivity index (χ1n) is 9.54. The molecule has 1 amide bonds. The molecule has 0 radical (unpaired) electrons. The van der Waals surface area contributed by atoms with E-state index in [1.807, 2.05) is 0 Å². The first-order chi connectivity index (χ1) is 14.0. The molecule has 0 saturated carbocycles. The summed E-state index contributed by atoms with van der Waals surface area (Å²) in [6.07, 6.45) is 5.54. The third-order valence-electron chi connectivity index (χ3n) is 5.32. The normalized spacial score (nSPS) is 17.4. The van der Waals surface area contributed by atoms with Crippen LogP contribution in [0.5, 0.6) is 0 Å². The number of aryl methyl sites for hydroxylation is 1. The largest absolute Gasteiger partial charge is 0.286 e. The quantitative estimate of drug-likeness (QED) is 0.527. The average molecular weight is 412 g/mol. The molecule has 8 heteroatoms. The van der Waals surface area contributed by atoms with Gasteiger partial charge in [0.2, 0.25) is 0 Å². The average Bonchev–Trinajstić information content (AvgIpc) is 3.07. The summed E-state index contributed by atoms with van der Waals surface area (Å²) >= 11 is 1.58. The fourth-order valence-electron chi connectivity index (χ4n) is 3.58. The first kappa shape index (κ1) is 19.4. The molecule has 2 heterocycles. The van der Waals surface area contributed by atoms with Crippen molar-refractivity contribution in [1.29, 1.82) is 0 Å². The third kappa shape index (κ3) is 3.72. The number of hydrazone groups is 1. The van der Waals surface area contributed by atoms with Gasteiger partial charge < -0.3 is 0 Å². The van der Waals surface area contributed by atoms with Gasteiger partial charge in [-0.15, -0.1) is 11.3 Å². The van der Waals surface area contributed by atoms with Gasteiger partial charge in [-0.3, -0.25) is 14.2 Å². The number of amides is 1. The lowest BCUT2D eigenvalue weighted by Gasteiger charge is -2.18. The van der Waals surface area contributed by atoms with Crippen LogP contribution in [0.1, 0.15) is 42.3 Å². The molecule has 0 fully saturated rings. The Bertz CT molecular complexity index is 1170. The molecule has 0 aliphatic heterocycles. The molecule has 150 valence electrons. The molecular weight excluding hydrogens is 391 g/mol. The standard InChI is InChI=1S/C21H21FN4O2S/c1-12-7-8-15-17(9-12)29-20-18(15)21(28)26(11-23-20)13(2)19(27)25-24-10-14-5-3-4-6-16(14)22/h3-6,10-13H,7-9H2,1-2H3,(H,25,27)/b24-10-/t12-,13-/m0/s1. The minimum Gasteiger partial charge on any atom is -0.286 e. The van der Waals surface area contributed by atoms with E-state index in [4.69, 9.17) is 0 Å². The van der Waals surface area contributed by atoms with Crippen molar-refractivity contribution in [1.82, 2.24) is 15.0 Å². The van der Waals surface area contributed by atoms with Crippen LogP contribution in [0, 0.1) is 11.7 Å². The highest BCUT2D eigenvalue weighted by atomic mass is 32.1. The fourth-order valence-corrected chi connectivity index (χ4v) is 4.93. The van der Waals surface area contributed by atoms with Gasteiger partial charge in [0.25, 0.3) is 11.5 Å². The Morgan fingerprint density at radius 1 is 1.45 bits per heavy atom. The van der Waals surface area contributed by atoms with Crippen LogP contribution in [0.25, 0.3) is 10.2 Å². The van der Waals surface area contributed by atoms with Crippen molar-refractivity contribution in [2.75, 3.05) is 0 Å². The zero-order chi connectivity index (χ0) is 20.5. The van der Waals surface area contributed by atoms with E-state index in [-0.39, 0.29) is 11.1 Å². The molecule has 1 N–H and O–H groups in total. The summed E-state index contributed by atoms with van der Waals surface area (Å²) in [6, 6.07) is 5.33. The Kier molecular flexibility index (Phi) is 5.27. The van der Waals surface area contributed by atoms with Crippen LogP contribution in [0.15, 0.2) is 40.5 Å². The Morgan fingerprint density at radius 3 is 3.03 bits per heavy atom. The summed E-state index contributed by atoms with van der Waals surface area (Å²) in [7, 11) is 0.